The third-order valence-corrected chi connectivity index (χ3v) is 5.98. The Morgan fingerprint density at radius 2 is 1.74 bits per heavy atom. The second kappa shape index (κ2) is 8.81. The second-order valence-corrected chi connectivity index (χ2v) is 8.65. The molecule has 1 aromatic heterocycles. The molecule has 3 aromatic rings. The van der Waals surface area contributed by atoms with E-state index in [-0.39, 0.29) is 11.9 Å². The van der Waals surface area contributed by atoms with Gasteiger partial charge in [-0.1, -0.05) is 23.8 Å². The van der Waals surface area contributed by atoms with Crippen molar-refractivity contribution in [1.82, 2.24) is 4.98 Å². The minimum Gasteiger partial charge on any atom is -0.322 e. The van der Waals surface area contributed by atoms with Crippen LogP contribution in [0.1, 0.15) is 27.2 Å². The van der Waals surface area contributed by atoms with Crippen molar-refractivity contribution in [3.63, 3.8) is 0 Å². The van der Waals surface area contributed by atoms with Crippen molar-refractivity contribution in [3.05, 3.63) is 77.0 Å². The first-order chi connectivity index (χ1) is 14.9. The third kappa shape index (κ3) is 4.72. The van der Waals surface area contributed by atoms with Gasteiger partial charge in [0.15, 0.2) is 0 Å². The number of hydrogen-bond donors (Lipinski definition) is 2. The SMILES string of the molecule is Cc1ccc(NC(=O)c2cccc(NC(=O)N3CCSc4nc(C)cc(C)c43)c2)cc1. The van der Waals surface area contributed by atoms with Crippen molar-refractivity contribution in [2.45, 2.75) is 25.8 Å². The van der Waals surface area contributed by atoms with Gasteiger partial charge in [0.2, 0.25) is 0 Å². The molecule has 3 amide bonds. The van der Waals surface area contributed by atoms with Crippen molar-refractivity contribution in [2.75, 3.05) is 27.8 Å². The molecule has 0 bridgehead atoms. The van der Waals surface area contributed by atoms with Gasteiger partial charge in [-0.2, -0.15) is 0 Å². The van der Waals surface area contributed by atoms with E-state index in [4.69, 9.17) is 0 Å². The Morgan fingerprint density at radius 3 is 2.52 bits per heavy atom. The molecule has 1 aliphatic heterocycles. The number of amides is 3. The van der Waals surface area contributed by atoms with Crippen LogP contribution in [-0.4, -0.2) is 29.2 Å². The van der Waals surface area contributed by atoms with Crippen LogP contribution in [-0.2, 0) is 0 Å². The summed E-state index contributed by atoms with van der Waals surface area (Å²) >= 11 is 1.67. The lowest BCUT2D eigenvalue weighted by Crippen LogP contribution is -2.39. The first-order valence-electron chi connectivity index (χ1n) is 10.1. The maximum Gasteiger partial charge on any atom is 0.326 e. The number of fused-ring (bicyclic) bond motifs is 1. The predicted molar refractivity (Wildman–Crippen MR) is 126 cm³/mol. The van der Waals surface area contributed by atoms with Crippen LogP contribution in [0.25, 0.3) is 0 Å². The summed E-state index contributed by atoms with van der Waals surface area (Å²) in [4.78, 5) is 32.0. The molecule has 2 aromatic carbocycles. The number of aryl methyl sites for hydroxylation is 3. The van der Waals surface area contributed by atoms with E-state index < -0.39 is 0 Å². The van der Waals surface area contributed by atoms with E-state index in [0.717, 1.165) is 39.0 Å². The van der Waals surface area contributed by atoms with Gasteiger partial charge in [0.05, 0.1) is 5.69 Å². The molecule has 4 rings (SSSR count). The van der Waals surface area contributed by atoms with Crippen molar-refractivity contribution >= 4 is 40.8 Å². The van der Waals surface area contributed by atoms with Gasteiger partial charge in [-0.3, -0.25) is 9.69 Å². The normalized spacial score (nSPS) is 12.8. The molecule has 6 nitrogen and oxygen atoms in total. The number of thioether (sulfide) groups is 1. The zero-order valence-corrected chi connectivity index (χ0v) is 18.5. The second-order valence-electron chi connectivity index (χ2n) is 7.57. The number of nitrogens with zero attached hydrogens (tertiary/aromatic N) is 2. The van der Waals surface area contributed by atoms with E-state index >= 15 is 0 Å². The van der Waals surface area contributed by atoms with Crippen LogP contribution >= 0.6 is 11.8 Å². The number of carbonyl (C=O) groups excluding carboxylic acids is 2. The van der Waals surface area contributed by atoms with Crippen LogP contribution in [0.5, 0.6) is 0 Å². The fourth-order valence-electron chi connectivity index (χ4n) is 3.54. The van der Waals surface area contributed by atoms with E-state index in [1.54, 1.807) is 40.9 Å². The fraction of sp³-hybridized carbons (Fsp3) is 0.208. The molecular formula is C24H24N4O2S. The van der Waals surface area contributed by atoms with Crippen molar-refractivity contribution in [3.8, 4) is 0 Å². The maximum atomic E-state index is 13.0. The van der Waals surface area contributed by atoms with Gasteiger partial charge < -0.3 is 10.6 Å². The molecule has 0 atom stereocenters. The molecular weight excluding hydrogens is 408 g/mol. The van der Waals surface area contributed by atoms with Crippen LogP contribution in [0, 0.1) is 20.8 Å². The fourth-order valence-corrected chi connectivity index (χ4v) is 4.63. The Bertz CT molecular complexity index is 1140. The standard InChI is InChI=1S/C24H24N4O2S/c1-15-7-9-19(10-8-15)26-22(29)18-5-4-6-20(14-18)27-24(30)28-11-12-31-23-21(28)16(2)13-17(3)25-23/h4-10,13-14H,11-12H2,1-3H3,(H,26,29)(H,27,30). The van der Waals surface area contributed by atoms with Gasteiger partial charge in [0, 0.05) is 34.9 Å². The lowest BCUT2D eigenvalue weighted by Gasteiger charge is -2.30. The van der Waals surface area contributed by atoms with Crippen molar-refractivity contribution in [2.24, 2.45) is 0 Å². The van der Waals surface area contributed by atoms with E-state index in [0.29, 0.717) is 17.8 Å². The predicted octanol–water partition coefficient (Wildman–Crippen LogP) is 5.40. The number of nitrogens with one attached hydrogen (secondary N) is 2. The summed E-state index contributed by atoms with van der Waals surface area (Å²) < 4.78 is 0. The van der Waals surface area contributed by atoms with Crippen LogP contribution in [0.15, 0.2) is 59.6 Å². The van der Waals surface area contributed by atoms with Gasteiger partial charge >= 0.3 is 6.03 Å². The lowest BCUT2D eigenvalue weighted by atomic mass is 10.1. The molecule has 0 fully saturated rings. The van der Waals surface area contributed by atoms with Gasteiger partial charge in [0.1, 0.15) is 5.03 Å². The first kappa shape index (κ1) is 20.9. The maximum absolute atomic E-state index is 13.0. The minimum atomic E-state index is -0.230. The molecule has 0 radical (unpaired) electrons. The van der Waals surface area contributed by atoms with Crippen molar-refractivity contribution in [1.29, 1.82) is 0 Å². The van der Waals surface area contributed by atoms with E-state index in [1.807, 2.05) is 51.1 Å². The molecule has 2 heterocycles. The minimum absolute atomic E-state index is 0.227. The molecule has 0 saturated carbocycles. The smallest absolute Gasteiger partial charge is 0.322 e. The average molecular weight is 433 g/mol. The van der Waals surface area contributed by atoms with Gasteiger partial charge in [0.25, 0.3) is 5.91 Å². The molecule has 0 aliphatic carbocycles. The van der Waals surface area contributed by atoms with Crippen LogP contribution in [0.4, 0.5) is 21.9 Å². The summed E-state index contributed by atoms with van der Waals surface area (Å²) in [5.74, 6) is 0.560. The highest BCUT2D eigenvalue weighted by atomic mass is 32.2. The van der Waals surface area contributed by atoms with Gasteiger partial charge in [-0.05, 0) is 62.7 Å². The quantitative estimate of drug-likeness (QED) is 0.581. The number of urea groups is 1. The molecule has 2 N–H and O–H groups in total. The van der Waals surface area contributed by atoms with E-state index in [1.165, 1.54) is 0 Å². The number of hydrogen-bond acceptors (Lipinski definition) is 4. The number of pyridine rings is 1. The number of aromatic nitrogens is 1. The molecule has 1 aliphatic rings. The average Bonchev–Trinajstić information content (AvgIpc) is 2.75. The zero-order chi connectivity index (χ0) is 22.0. The molecule has 0 saturated heterocycles. The monoisotopic (exact) mass is 432 g/mol. The molecule has 0 unspecified atom stereocenters. The summed E-state index contributed by atoms with van der Waals surface area (Å²) in [6.07, 6.45) is 0. The Kier molecular flexibility index (Phi) is 5.95. The number of benzene rings is 2. The van der Waals surface area contributed by atoms with E-state index in [2.05, 4.69) is 15.6 Å². The first-order valence-corrected chi connectivity index (χ1v) is 11.1. The third-order valence-electron chi connectivity index (χ3n) is 5.03. The molecule has 0 spiro atoms. The summed E-state index contributed by atoms with van der Waals surface area (Å²) in [6, 6.07) is 16.3. The molecule has 31 heavy (non-hydrogen) atoms. The molecule has 7 heteroatoms. The summed E-state index contributed by atoms with van der Waals surface area (Å²) in [5, 5.41) is 6.69. The number of anilines is 3. The topological polar surface area (TPSA) is 74.3 Å². The zero-order valence-electron chi connectivity index (χ0n) is 17.7. The van der Waals surface area contributed by atoms with Crippen LogP contribution in [0.2, 0.25) is 0 Å². The summed E-state index contributed by atoms with van der Waals surface area (Å²) in [7, 11) is 0. The summed E-state index contributed by atoms with van der Waals surface area (Å²) in [5.41, 5.74) is 5.72. The van der Waals surface area contributed by atoms with Gasteiger partial charge in [-0.25, -0.2) is 9.78 Å². The Labute approximate surface area is 186 Å². The number of rotatable bonds is 3. The highest BCUT2D eigenvalue weighted by molar-refractivity contribution is 7.99. The Balaban J connectivity index is 1.50. The Morgan fingerprint density at radius 1 is 0.968 bits per heavy atom. The molecule has 158 valence electrons. The summed E-state index contributed by atoms with van der Waals surface area (Å²) in [6.45, 7) is 6.55. The lowest BCUT2D eigenvalue weighted by molar-refractivity contribution is 0.102. The Hall–Kier alpha value is -3.32. The van der Waals surface area contributed by atoms with Crippen LogP contribution < -0.4 is 15.5 Å². The number of carbonyl (C=O) groups is 2. The van der Waals surface area contributed by atoms with Crippen LogP contribution in [0.3, 0.4) is 0 Å². The largest absolute Gasteiger partial charge is 0.326 e. The van der Waals surface area contributed by atoms with E-state index in [9.17, 15) is 9.59 Å². The highest BCUT2D eigenvalue weighted by Gasteiger charge is 2.26. The van der Waals surface area contributed by atoms with Gasteiger partial charge in [-0.15, -0.1) is 11.8 Å². The van der Waals surface area contributed by atoms with Crippen molar-refractivity contribution < 1.29 is 9.59 Å². The highest BCUT2D eigenvalue weighted by Crippen LogP contribution is 2.36.